The zero-order chi connectivity index (χ0) is 19.2. The van der Waals surface area contributed by atoms with E-state index in [-0.39, 0.29) is 12.2 Å². The Bertz CT molecular complexity index is 920. The van der Waals surface area contributed by atoms with Crippen molar-refractivity contribution in [2.24, 2.45) is 0 Å². The minimum absolute atomic E-state index is 0.0450. The Kier molecular flexibility index (Phi) is 6.28. The number of Topliss-reactive ketones (excluding diaryl/α,β-unsaturated/α-hetero) is 1. The van der Waals surface area contributed by atoms with E-state index in [4.69, 9.17) is 27.9 Å². The summed E-state index contributed by atoms with van der Waals surface area (Å²) in [7, 11) is 0. The molecular formula is C22H16Cl2O3. The average molecular weight is 399 g/mol. The largest absolute Gasteiger partial charge is 0.449 e. The molecule has 3 nitrogen and oxygen atoms in total. The van der Waals surface area contributed by atoms with Gasteiger partial charge in [0.05, 0.1) is 6.42 Å². The number of esters is 1. The highest BCUT2D eigenvalue weighted by Crippen LogP contribution is 2.25. The Morgan fingerprint density at radius 1 is 0.778 bits per heavy atom. The molecule has 3 aromatic rings. The van der Waals surface area contributed by atoms with Crippen molar-refractivity contribution in [1.82, 2.24) is 0 Å². The summed E-state index contributed by atoms with van der Waals surface area (Å²) in [5.41, 5.74) is 1.79. The zero-order valence-electron chi connectivity index (χ0n) is 14.3. The van der Waals surface area contributed by atoms with E-state index in [1.807, 2.05) is 6.07 Å². The topological polar surface area (TPSA) is 43.4 Å². The fourth-order valence-corrected chi connectivity index (χ4v) is 2.86. The minimum atomic E-state index is -1.04. The second kappa shape index (κ2) is 8.85. The van der Waals surface area contributed by atoms with Crippen LogP contribution in [-0.2, 0) is 16.0 Å². The van der Waals surface area contributed by atoms with E-state index in [1.54, 1.807) is 72.8 Å². The third-order valence-corrected chi connectivity index (χ3v) is 4.48. The van der Waals surface area contributed by atoms with Crippen molar-refractivity contribution in [3.05, 3.63) is 106 Å². The van der Waals surface area contributed by atoms with Gasteiger partial charge in [0.25, 0.3) is 0 Å². The summed E-state index contributed by atoms with van der Waals surface area (Å²) in [4.78, 5) is 25.4. The quantitative estimate of drug-likeness (QED) is 0.394. The van der Waals surface area contributed by atoms with Gasteiger partial charge in [0.1, 0.15) is 0 Å². The highest BCUT2D eigenvalue weighted by molar-refractivity contribution is 6.30. The van der Waals surface area contributed by atoms with Gasteiger partial charge in [-0.05, 0) is 29.8 Å². The number of carbonyl (C=O) groups excluding carboxylic acids is 2. The summed E-state index contributed by atoms with van der Waals surface area (Å²) in [6.07, 6.45) is -0.993. The fourth-order valence-electron chi connectivity index (χ4n) is 2.61. The Morgan fingerprint density at radius 3 is 1.93 bits per heavy atom. The summed E-state index contributed by atoms with van der Waals surface area (Å²) in [6.45, 7) is 0. The van der Waals surface area contributed by atoms with Crippen LogP contribution in [0, 0.1) is 0 Å². The average Bonchev–Trinajstić information content (AvgIpc) is 2.69. The molecule has 0 heterocycles. The number of hydrogen-bond donors (Lipinski definition) is 0. The van der Waals surface area contributed by atoms with Crippen molar-refractivity contribution in [3.63, 3.8) is 0 Å². The first-order valence-electron chi connectivity index (χ1n) is 8.31. The molecule has 0 fully saturated rings. The maximum absolute atomic E-state index is 12.9. The third-order valence-electron chi connectivity index (χ3n) is 3.98. The molecule has 136 valence electrons. The van der Waals surface area contributed by atoms with Crippen LogP contribution < -0.4 is 0 Å². The Morgan fingerprint density at radius 2 is 1.33 bits per heavy atom. The Hall–Kier alpha value is -2.62. The van der Waals surface area contributed by atoms with Crippen molar-refractivity contribution < 1.29 is 14.3 Å². The monoisotopic (exact) mass is 398 g/mol. The molecule has 5 heteroatoms. The highest BCUT2D eigenvalue weighted by Gasteiger charge is 2.26. The molecule has 0 spiro atoms. The maximum Gasteiger partial charge on any atom is 0.311 e. The van der Waals surface area contributed by atoms with Crippen LogP contribution in [0.25, 0.3) is 0 Å². The van der Waals surface area contributed by atoms with Crippen molar-refractivity contribution in [1.29, 1.82) is 0 Å². The van der Waals surface area contributed by atoms with Gasteiger partial charge in [-0.15, -0.1) is 0 Å². The highest BCUT2D eigenvalue weighted by atomic mass is 35.5. The molecule has 3 aromatic carbocycles. The molecule has 0 saturated carbocycles. The lowest BCUT2D eigenvalue weighted by molar-refractivity contribution is -0.146. The van der Waals surface area contributed by atoms with Gasteiger partial charge in [0, 0.05) is 21.2 Å². The predicted octanol–water partition coefficient (Wildman–Crippen LogP) is 5.70. The van der Waals surface area contributed by atoms with Crippen LogP contribution in [0.4, 0.5) is 0 Å². The maximum atomic E-state index is 12.9. The molecule has 0 unspecified atom stereocenters. The first-order valence-corrected chi connectivity index (χ1v) is 9.07. The van der Waals surface area contributed by atoms with Crippen LogP contribution in [0.1, 0.15) is 27.6 Å². The number of ketones is 1. The molecule has 3 rings (SSSR count). The van der Waals surface area contributed by atoms with E-state index in [2.05, 4.69) is 0 Å². The molecule has 0 aromatic heterocycles. The first kappa shape index (κ1) is 19.2. The molecule has 0 saturated heterocycles. The van der Waals surface area contributed by atoms with Crippen LogP contribution in [0.2, 0.25) is 10.0 Å². The number of halogens is 2. The van der Waals surface area contributed by atoms with Crippen LogP contribution in [-0.4, -0.2) is 11.8 Å². The number of ether oxygens (including phenoxy) is 1. The summed E-state index contributed by atoms with van der Waals surface area (Å²) in [5.74, 6) is -0.788. The van der Waals surface area contributed by atoms with Crippen LogP contribution >= 0.6 is 23.2 Å². The van der Waals surface area contributed by atoms with E-state index in [0.717, 1.165) is 5.56 Å². The summed E-state index contributed by atoms with van der Waals surface area (Å²) >= 11 is 11.8. The Balaban J connectivity index is 1.83. The van der Waals surface area contributed by atoms with Crippen LogP contribution in [0.15, 0.2) is 78.9 Å². The van der Waals surface area contributed by atoms with Crippen LogP contribution in [0.3, 0.4) is 0 Å². The smallest absolute Gasteiger partial charge is 0.311 e. The van der Waals surface area contributed by atoms with Gasteiger partial charge in [0.2, 0.25) is 5.78 Å². The van der Waals surface area contributed by atoms with E-state index in [1.165, 1.54) is 0 Å². The molecule has 0 aliphatic heterocycles. The van der Waals surface area contributed by atoms with Gasteiger partial charge < -0.3 is 4.74 Å². The van der Waals surface area contributed by atoms with Gasteiger partial charge in [-0.3, -0.25) is 9.59 Å². The number of benzene rings is 3. The van der Waals surface area contributed by atoms with Gasteiger partial charge in [-0.25, -0.2) is 0 Å². The second-order valence-electron chi connectivity index (χ2n) is 5.95. The lowest BCUT2D eigenvalue weighted by atomic mass is 9.99. The van der Waals surface area contributed by atoms with Gasteiger partial charge >= 0.3 is 5.97 Å². The van der Waals surface area contributed by atoms with E-state index in [9.17, 15) is 9.59 Å². The predicted molar refractivity (Wildman–Crippen MR) is 106 cm³/mol. The Labute approximate surface area is 167 Å². The van der Waals surface area contributed by atoms with Gasteiger partial charge in [-0.2, -0.15) is 0 Å². The minimum Gasteiger partial charge on any atom is -0.449 e. The van der Waals surface area contributed by atoms with Crippen molar-refractivity contribution in [2.45, 2.75) is 12.5 Å². The third kappa shape index (κ3) is 5.19. The number of carbonyl (C=O) groups is 2. The standard InChI is InChI=1S/C22H16Cl2O3/c23-18-10-6-15(7-11-18)14-20(25)27-22(17-8-12-19(24)13-9-17)21(26)16-4-2-1-3-5-16/h1-13,22H,14H2/t22-/m0/s1. The molecule has 0 radical (unpaired) electrons. The van der Waals surface area contributed by atoms with E-state index >= 15 is 0 Å². The SMILES string of the molecule is O=C(Cc1ccc(Cl)cc1)O[C@H](C(=O)c1ccccc1)c1ccc(Cl)cc1. The molecule has 0 N–H and O–H groups in total. The zero-order valence-corrected chi connectivity index (χ0v) is 15.8. The van der Waals surface area contributed by atoms with E-state index < -0.39 is 12.1 Å². The molecule has 0 amide bonds. The summed E-state index contributed by atoms with van der Waals surface area (Å²) < 4.78 is 5.56. The van der Waals surface area contributed by atoms with E-state index in [0.29, 0.717) is 21.2 Å². The van der Waals surface area contributed by atoms with Gasteiger partial charge in [-0.1, -0.05) is 77.8 Å². The van der Waals surface area contributed by atoms with Crippen molar-refractivity contribution >= 4 is 35.0 Å². The molecule has 0 aliphatic rings. The lowest BCUT2D eigenvalue weighted by Crippen LogP contribution is -2.21. The number of hydrogen-bond acceptors (Lipinski definition) is 3. The van der Waals surface area contributed by atoms with Crippen molar-refractivity contribution in [2.75, 3.05) is 0 Å². The number of rotatable bonds is 6. The van der Waals surface area contributed by atoms with Crippen LogP contribution in [0.5, 0.6) is 0 Å². The summed E-state index contributed by atoms with van der Waals surface area (Å²) in [5, 5.41) is 1.13. The van der Waals surface area contributed by atoms with Gasteiger partial charge in [0.15, 0.2) is 6.10 Å². The molecular weight excluding hydrogens is 383 g/mol. The normalized spacial score (nSPS) is 11.6. The molecule has 0 bridgehead atoms. The molecule has 0 aliphatic carbocycles. The fraction of sp³-hybridized carbons (Fsp3) is 0.0909. The van der Waals surface area contributed by atoms with Crippen molar-refractivity contribution in [3.8, 4) is 0 Å². The molecule has 1 atom stereocenters. The second-order valence-corrected chi connectivity index (χ2v) is 6.83. The molecule has 27 heavy (non-hydrogen) atoms. The summed E-state index contributed by atoms with van der Waals surface area (Å²) in [6, 6.07) is 22.3. The lowest BCUT2D eigenvalue weighted by Gasteiger charge is -2.18. The first-order chi connectivity index (χ1) is 13.0.